The van der Waals surface area contributed by atoms with E-state index < -0.39 is 11.6 Å². The van der Waals surface area contributed by atoms with E-state index >= 15 is 0 Å². The van der Waals surface area contributed by atoms with Crippen LogP contribution in [0, 0.1) is 11.6 Å². The lowest BCUT2D eigenvalue weighted by Gasteiger charge is -2.27. The van der Waals surface area contributed by atoms with Gasteiger partial charge in [-0.15, -0.1) is 0 Å². The highest BCUT2D eigenvalue weighted by atomic mass is 19.2. The highest BCUT2D eigenvalue weighted by Crippen LogP contribution is 2.19. The molecule has 0 unspecified atom stereocenters. The molecule has 0 spiro atoms. The highest BCUT2D eigenvalue weighted by molar-refractivity contribution is 5.94. The quantitative estimate of drug-likeness (QED) is 0.708. The van der Waals surface area contributed by atoms with Crippen LogP contribution in [0.4, 0.5) is 8.78 Å². The van der Waals surface area contributed by atoms with Crippen molar-refractivity contribution in [3.8, 4) is 5.75 Å². The molecule has 0 N–H and O–H groups in total. The zero-order chi connectivity index (χ0) is 18.8. The molecule has 2 aromatic carbocycles. The largest absolute Gasteiger partial charge is 0.487 e. The van der Waals surface area contributed by atoms with Crippen LogP contribution in [0.25, 0.3) is 0 Å². The molecule has 1 aliphatic rings. The van der Waals surface area contributed by atoms with Gasteiger partial charge in [0.1, 0.15) is 18.1 Å². The summed E-state index contributed by atoms with van der Waals surface area (Å²) >= 11 is 0. The number of ether oxygens (including phenoxy) is 1. The van der Waals surface area contributed by atoms with Gasteiger partial charge in [-0.1, -0.05) is 18.2 Å². The van der Waals surface area contributed by atoms with Crippen molar-refractivity contribution in [3.63, 3.8) is 0 Å². The van der Waals surface area contributed by atoms with Gasteiger partial charge in [0.05, 0.1) is 18.8 Å². The van der Waals surface area contributed by atoms with Gasteiger partial charge in [0.2, 0.25) is 0 Å². The van der Waals surface area contributed by atoms with Crippen LogP contribution in [0.15, 0.2) is 54.6 Å². The van der Waals surface area contributed by atoms with Crippen molar-refractivity contribution in [3.05, 3.63) is 83.2 Å². The van der Waals surface area contributed by atoms with Crippen molar-refractivity contribution in [2.24, 2.45) is 0 Å². The Bertz CT molecular complexity index is 973. The minimum Gasteiger partial charge on any atom is -0.487 e. The molecule has 2 heterocycles. The number of para-hydroxylation sites is 1. The molecule has 1 aromatic heterocycles. The Morgan fingerprint density at radius 2 is 1.85 bits per heavy atom. The molecule has 0 atom stereocenters. The summed E-state index contributed by atoms with van der Waals surface area (Å²) in [7, 11) is 0. The van der Waals surface area contributed by atoms with E-state index in [9.17, 15) is 13.6 Å². The zero-order valence-electron chi connectivity index (χ0n) is 14.4. The number of amides is 1. The maximum absolute atomic E-state index is 13.4. The number of rotatable bonds is 4. The van der Waals surface area contributed by atoms with E-state index in [1.165, 1.54) is 6.07 Å². The fourth-order valence-electron chi connectivity index (χ4n) is 3.06. The zero-order valence-corrected chi connectivity index (χ0v) is 14.4. The van der Waals surface area contributed by atoms with E-state index in [2.05, 4.69) is 5.10 Å². The summed E-state index contributed by atoms with van der Waals surface area (Å²) in [6.07, 6.45) is 0. The van der Waals surface area contributed by atoms with Gasteiger partial charge >= 0.3 is 0 Å². The van der Waals surface area contributed by atoms with Crippen molar-refractivity contribution in [2.75, 3.05) is 6.54 Å². The summed E-state index contributed by atoms with van der Waals surface area (Å²) in [5.74, 6) is -1.56. The van der Waals surface area contributed by atoms with Crippen LogP contribution in [0.3, 0.4) is 0 Å². The first kappa shape index (κ1) is 17.2. The minimum atomic E-state index is -1.02. The maximum atomic E-state index is 13.4. The van der Waals surface area contributed by atoms with E-state index in [0.717, 1.165) is 29.3 Å². The van der Waals surface area contributed by atoms with Crippen LogP contribution in [0.2, 0.25) is 0 Å². The molecule has 0 aliphatic carbocycles. The summed E-state index contributed by atoms with van der Waals surface area (Å²) in [5.41, 5.74) is 1.79. The van der Waals surface area contributed by atoms with Gasteiger partial charge in [0, 0.05) is 12.1 Å². The Kier molecular flexibility index (Phi) is 4.58. The van der Waals surface area contributed by atoms with E-state index in [1.54, 1.807) is 4.90 Å². The number of hydrogen-bond donors (Lipinski definition) is 0. The number of carbonyl (C=O) groups is 1. The second-order valence-corrected chi connectivity index (χ2v) is 6.31. The Morgan fingerprint density at radius 3 is 2.63 bits per heavy atom. The smallest absolute Gasteiger partial charge is 0.254 e. The monoisotopic (exact) mass is 369 g/mol. The molecular formula is C20H17F2N3O2. The van der Waals surface area contributed by atoms with Crippen LogP contribution < -0.4 is 4.74 Å². The van der Waals surface area contributed by atoms with Crippen LogP contribution in [-0.4, -0.2) is 27.1 Å². The third kappa shape index (κ3) is 3.67. The first-order valence-corrected chi connectivity index (χ1v) is 8.58. The Labute approximate surface area is 154 Å². The molecule has 5 nitrogen and oxygen atoms in total. The Balaban J connectivity index is 1.44. The first-order valence-electron chi connectivity index (χ1n) is 8.58. The van der Waals surface area contributed by atoms with E-state index in [-0.39, 0.29) is 11.5 Å². The Morgan fingerprint density at radius 1 is 1.04 bits per heavy atom. The van der Waals surface area contributed by atoms with Crippen LogP contribution in [-0.2, 0) is 19.7 Å². The fourth-order valence-corrected chi connectivity index (χ4v) is 3.06. The third-order valence-electron chi connectivity index (χ3n) is 4.43. The maximum Gasteiger partial charge on any atom is 0.254 e. The summed E-state index contributed by atoms with van der Waals surface area (Å²) in [5, 5.41) is 4.50. The predicted molar refractivity (Wildman–Crippen MR) is 94.1 cm³/mol. The molecule has 27 heavy (non-hydrogen) atoms. The van der Waals surface area contributed by atoms with Crippen molar-refractivity contribution in [2.45, 2.75) is 19.7 Å². The second kappa shape index (κ2) is 7.19. The average Bonchev–Trinajstić information content (AvgIpc) is 3.11. The summed E-state index contributed by atoms with van der Waals surface area (Å²) < 4.78 is 34.0. The SMILES string of the molecule is O=C(c1ccc(F)c(F)c1)N1CCn2nc(COc3ccccc3)cc2C1. The lowest BCUT2D eigenvalue weighted by molar-refractivity contribution is 0.0705. The summed E-state index contributed by atoms with van der Waals surface area (Å²) in [6, 6.07) is 14.6. The lowest BCUT2D eigenvalue weighted by atomic mass is 10.1. The molecule has 4 rings (SSSR count). The molecule has 3 aromatic rings. The normalized spacial score (nSPS) is 13.3. The van der Waals surface area contributed by atoms with Gasteiger partial charge in [0.15, 0.2) is 11.6 Å². The van der Waals surface area contributed by atoms with Gasteiger partial charge in [-0.05, 0) is 36.4 Å². The number of carbonyl (C=O) groups excluding carboxylic acids is 1. The van der Waals surface area contributed by atoms with Crippen molar-refractivity contribution in [1.82, 2.24) is 14.7 Å². The van der Waals surface area contributed by atoms with E-state index in [1.807, 2.05) is 41.1 Å². The van der Waals surface area contributed by atoms with Gasteiger partial charge < -0.3 is 9.64 Å². The molecule has 0 fully saturated rings. The third-order valence-corrected chi connectivity index (χ3v) is 4.43. The van der Waals surface area contributed by atoms with Gasteiger partial charge in [-0.2, -0.15) is 5.10 Å². The van der Waals surface area contributed by atoms with Crippen LogP contribution >= 0.6 is 0 Å². The molecule has 0 saturated heterocycles. The minimum absolute atomic E-state index is 0.134. The van der Waals surface area contributed by atoms with Crippen LogP contribution in [0.1, 0.15) is 21.7 Å². The molecule has 1 aliphatic heterocycles. The fraction of sp³-hybridized carbons (Fsp3) is 0.200. The number of hydrogen-bond acceptors (Lipinski definition) is 3. The lowest BCUT2D eigenvalue weighted by Crippen LogP contribution is -2.38. The van der Waals surface area contributed by atoms with Gasteiger partial charge in [-0.25, -0.2) is 8.78 Å². The topological polar surface area (TPSA) is 47.4 Å². The van der Waals surface area contributed by atoms with Gasteiger partial charge in [0.25, 0.3) is 5.91 Å². The molecule has 1 amide bonds. The molecule has 7 heteroatoms. The van der Waals surface area contributed by atoms with E-state index in [0.29, 0.717) is 26.2 Å². The van der Waals surface area contributed by atoms with Crippen LogP contribution in [0.5, 0.6) is 5.75 Å². The van der Waals surface area contributed by atoms with Crippen molar-refractivity contribution < 1.29 is 18.3 Å². The first-order chi connectivity index (χ1) is 13.1. The molecule has 0 saturated carbocycles. The summed E-state index contributed by atoms with van der Waals surface area (Å²) in [6.45, 7) is 1.68. The molecule has 0 bridgehead atoms. The van der Waals surface area contributed by atoms with Crippen molar-refractivity contribution >= 4 is 5.91 Å². The number of halogens is 2. The Hall–Kier alpha value is -3.22. The highest BCUT2D eigenvalue weighted by Gasteiger charge is 2.24. The predicted octanol–water partition coefficient (Wildman–Crippen LogP) is 3.40. The second-order valence-electron chi connectivity index (χ2n) is 6.31. The molecule has 138 valence electrons. The van der Waals surface area contributed by atoms with Crippen molar-refractivity contribution in [1.29, 1.82) is 0 Å². The number of nitrogens with zero attached hydrogens (tertiary/aromatic N) is 3. The number of benzene rings is 2. The van der Waals surface area contributed by atoms with Gasteiger partial charge in [-0.3, -0.25) is 9.48 Å². The average molecular weight is 369 g/mol. The standard InChI is InChI=1S/C20H17F2N3O2/c21-18-7-6-14(10-19(18)22)20(26)24-8-9-25-16(12-24)11-15(23-25)13-27-17-4-2-1-3-5-17/h1-7,10-11H,8-9,12-13H2. The number of aromatic nitrogens is 2. The molecular weight excluding hydrogens is 352 g/mol. The van der Waals surface area contributed by atoms with E-state index in [4.69, 9.17) is 4.74 Å². The molecule has 0 radical (unpaired) electrons. The number of fused-ring (bicyclic) bond motifs is 1. The summed E-state index contributed by atoms with van der Waals surface area (Å²) in [4.78, 5) is 14.2.